The van der Waals surface area contributed by atoms with Crippen LogP contribution in [0.1, 0.15) is 12.5 Å². The van der Waals surface area contributed by atoms with Gasteiger partial charge >= 0.3 is 0 Å². The monoisotopic (exact) mass is 265 g/mol. The van der Waals surface area contributed by atoms with Crippen LogP contribution in [0.15, 0.2) is 65.8 Å². The Kier molecular flexibility index (Phi) is 3.52. The van der Waals surface area contributed by atoms with Crippen LogP contribution in [0.25, 0.3) is 0 Å². The SMILES string of the molecule is CC1C(CN)C(c2ccccc2)=NN1c1ccccc1. The van der Waals surface area contributed by atoms with E-state index >= 15 is 0 Å². The molecule has 2 unspecified atom stereocenters. The van der Waals surface area contributed by atoms with E-state index in [0.717, 1.165) is 17.0 Å². The number of hydrogen-bond donors (Lipinski definition) is 1. The van der Waals surface area contributed by atoms with Crippen LogP contribution in [0.5, 0.6) is 0 Å². The van der Waals surface area contributed by atoms with Gasteiger partial charge in [0.25, 0.3) is 0 Å². The molecule has 0 fully saturated rings. The first kappa shape index (κ1) is 12.9. The Labute approximate surface area is 119 Å². The minimum atomic E-state index is 0.262. The maximum atomic E-state index is 5.98. The molecule has 0 saturated heterocycles. The van der Waals surface area contributed by atoms with Gasteiger partial charge in [-0.3, -0.25) is 5.01 Å². The third-order valence-corrected chi connectivity index (χ3v) is 3.88. The van der Waals surface area contributed by atoms with E-state index in [-0.39, 0.29) is 12.0 Å². The van der Waals surface area contributed by atoms with Crippen LogP contribution in [0.4, 0.5) is 5.69 Å². The van der Waals surface area contributed by atoms with E-state index in [1.54, 1.807) is 0 Å². The van der Waals surface area contributed by atoms with Crippen molar-refractivity contribution in [1.29, 1.82) is 0 Å². The predicted octanol–water partition coefficient (Wildman–Crippen LogP) is 2.87. The van der Waals surface area contributed by atoms with Gasteiger partial charge in [-0.05, 0) is 24.6 Å². The third kappa shape index (κ3) is 2.21. The van der Waals surface area contributed by atoms with Crippen molar-refractivity contribution in [1.82, 2.24) is 0 Å². The summed E-state index contributed by atoms with van der Waals surface area (Å²) in [6, 6.07) is 20.8. The Morgan fingerprint density at radius 1 is 1.00 bits per heavy atom. The number of rotatable bonds is 3. The molecule has 0 saturated carbocycles. The molecular formula is C17H19N3. The van der Waals surface area contributed by atoms with Crippen molar-refractivity contribution in [3.8, 4) is 0 Å². The summed E-state index contributed by atoms with van der Waals surface area (Å²) in [7, 11) is 0. The van der Waals surface area contributed by atoms with E-state index < -0.39 is 0 Å². The minimum Gasteiger partial charge on any atom is -0.330 e. The van der Waals surface area contributed by atoms with E-state index in [0.29, 0.717) is 6.54 Å². The summed E-state index contributed by atoms with van der Waals surface area (Å²) in [4.78, 5) is 0. The van der Waals surface area contributed by atoms with Crippen molar-refractivity contribution >= 4 is 11.4 Å². The van der Waals surface area contributed by atoms with Crippen LogP contribution in [0, 0.1) is 5.92 Å². The zero-order valence-corrected chi connectivity index (χ0v) is 11.6. The second-order valence-electron chi connectivity index (χ2n) is 5.11. The van der Waals surface area contributed by atoms with Crippen LogP contribution in [-0.2, 0) is 0 Å². The standard InChI is InChI=1S/C17H19N3/c1-13-16(12-18)17(14-8-4-2-5-9-14)19-20(13)15-10-6-3-7-11-15/h2-11,13,16H,12,18H2,1H3. The van der Waals surface area contributed by atoms with Crippen LogP contribution < -0.4 is 10.7 Å². The lowest BCUT2D eigenvalue weighted by Crippen LogP contribution is -2.35. The molecule has 2 N–H and O–H groups in total. The second kappa shape index (κ2) is 5.47. The van der Waals surface area contributed by atoms with Crippen LogP contribution in [-0.4, -0.2) is 18.3 Å². The number of hydrogen-bond acceptors (Lipinski definition) is 3. The molecule has 0 bridgehead atoms. The Morgan fingerprint density at radius 3 is 2.20 bits per heavy atom. The van der Waals surface area contributed by atoms with Gasteiger partial charge in [0.05, 0.1) is 17.4 Å². The van der Waals surface area contributed by atoms with E-state index in [2.05, 4.69) is 36.2 Å². The lowest BCUT2D eigenvalue weighted by atomic mass is 9.92. The molecule has 3 rings (SSSR count). The van der Waals surface area contributed by atoms with E-state index in [1.165, 1.54) is 0 Å². The van der Waals surface area contributed by atoms with Crippen molar-refractivity contribution in [2.45, 2.75) is 13.0 Å². The molecule has 0 aliphatic carbocycles. The fraction of sp³-hybridized carbons (Fsp3) is 0.235. The predicted molar refractivity (Wildman–Crippen MR) is 83.9 cm³/mol. The maximum absolute atomic E-state index is 5.98. The summed E-state index contributed by atoms with van der Waals surface area (Å²) < 4.78 is 0. The van der Waals surface area contributed by atoms with Crippen molar-refractivity contribution < 1.29 is 0 Å². The molecule has 1 heterocycles. The normalized spacial score (nSPS) is 21.9. The minimum absolute atomic E-state index is 0.262. The van der Waals surface area contributed by atoms with E-state index in [1.807, 2.05) is 36.4 Å². The van der Waals surface area contributed by atoms with Crippen LogP contribution in [0.2, 0.25) is 0 Å². The number of hydrazone groups is 1. The van der Waals surface area contributed by atoms with Crippen LogP contribution in [0.3, 0.4) is 0 Å². The van der Waals surface area contributed by atoms with Crippen molar-refractivity contribution in [2.24, 2.45) is 16.8 Å². The smallest absolute Gasteiger partial charge is 0.0746 e. The number of nitrogens with two attached hydrogens (primary N) is 1. The zero-order valence-electron chi connectivity index (χ0n) is 11.6. The van der Waals surface area contributed by atoms with Gasteiger partial charge in [-0.25, -0.2) is 0 Å². The highest BCUT2D eigenvalue weighted by molar-refractivity contribution is 6.05. The summed E-state index contributed by atoms with van der Waals surface area (Å²) in [5.74, 6) is 0.262. The molecule has 2 atom stereocenters. The van der Waals surface area contributed by atoms with Gasteiger partial charge in [-0.15, -0.1) is 0 Å². The molecule has 102 valence electrons. The summed E-state index contributed by atoms with van der Waals surface area (Å²) in [6.45, 7) is 2.79. The average Bonchev–Trinajstić information content (AvgIpc) is 2.86. The summed E-state index contributed by atoms with van der Waals surface area (Å²) in [6.07, 6.45) is 0. The topological polar surface area (TPSA) is 41.6 Å². The van der Waals surface area contributed by atoms with Gasteiger partial charge < -0.3 is 5.73 Å². The highest BCUT2D eigenvalue weighted by Crippen LogP contribution is 2.29. The second-order valence-corrected chi connectivity index (χ2v) is 5.11. The van der Waals surface area contributed by atoms with Gasteiger partial charge in [0.2, 0.25) is 0 Å². The molecule has 3 heteroatoms. The van der Waals surface area contributed by atoms with E-state index in [4.69, 9.17) is 10.8 Å². The molecule has 0 spiro atoms. The first-order valence-corrected chi connectivity index (χ1v) is 6.99. The van der Waals surface area contributed by atoms with Crippen molar-refractivity contribution in [3.63, 3.8) is 0 Å². The molecule has 0 radical (unpaired) electrons. The summed E-state index contributed by atoms with van der Waals surface area (Å²) in [5.41, 5.74) is 9.35. The van der Waals surface area contributed by atoms with Gasteiger partial charge in [0.15, 0.2) is 0 Å². The fourth-order valence-corrected chi connectivity index (χ4v) is 2.74. The fourth-order valence-electron chi connectivity index (χ4n) is 2.74. The van der Waals surface area contributed by atoms with Crippen molar-refractivity contribution in [3.05, 3.63) is 66.2 Å². The highest BCUT2D eigenvalue weighted by Gasteiger charge is 2.34. The number of benzene rings is 2. The van der Waals surface area contributed by atoms with Crippen molar-refractivity contribution in [2.75, 3.05) is 11.6 Å². The lowest BCUT2D eigenvalue weighted by molar-refractivity contribution is 0.573. The molecule has 1 aliphatic rings. The maximum Gasteiger partial charge on any atom is 0.0746 e. The van der Waals surface area contributed by atoms with Gasteiger partial charge in [0.1, 0.15) is 0 Å². The zero-order chi connectivity index (χ0) is 13.9. The number of nitrogens with zero attached hydrogens (tertiary/aromatic N) is 2. The Morgan fingerprint density at radius 2 is 1.60 bits per heavy atom. The van der Waals surface area contributed by atoms with Gasteiger partial charge in [0, 0.05) is 12.5 Å². The summed E-state index contributed by atoms with van der Waals surface area (Å²) >= 11 is 0. The molecular weight excluding hydrogens is 246 g/mol. The molecule has 2 aromatic carbocycles. The number of anilines is 1. The Bertz CT molecular complexity index is 592. The molecule has 2 aromatic rings. The molecule has 0 aromatic heterocycles. The van der Waals surface area contributed by atoms with Gasteiger partial charge in [-0.1, -0.05) is 48.5 Å². The lowest BCUT2D eigenvalue weighted by Gasteiger charge is -2.23. The molecule has 3 nitrogen and oxygen atoms in total. The quantitative estimate of drug-likeness (QED) is 0.927. The first-order valence-electron chi connectivity index (χ1n) is 6.99. The highest BCUT2D eigenvalue weighted by atomic mass is 15.5. The summed E-state index contributed by atoms with van der Waals surface area (Å²) in [5, 5.41) is 6.92. The third-order valence-electron chi connectivity index (χ3n) is 3.88. The molecule has 20 heavy (non-hydrogen) atoms. The number of para-hydroxylation sites is 1. The van der Waals surface area contributed by atoms with E-state index in [9.17, 15) is 0 Å². The van der Waals surface area contributed by atoms with Gasteiger partial charge in [-0.2, -0.15) is 5.10 Å². The van der Waals surface area contributed by atoms with Crippen LogP contribution >= 0.6 is 0 Å². The Hall–Kier alpha value is -2.13. The Balaban J connectivity index is 2.00. The largest absolute Gasteiger partial charge is 0.330 e. The average molecular weight is 265 g/mol. The molecule has 0 amide bonds. The first-order chi connectivity index (χ1) is 9.81. The molecule has 1 aliphatic heterocycles.